The quantitative estimate of drug-likeness (QED) is 0.782. The van der Waals surface area contributed by atoms with Crippen molar-refractivity contribution in [1.82, 2.24) is 0 Å². The van der Waals surface area contributed by atoms with Gasteiger partial charge in [-0.2, -0.15) is 0 Å². The molecule has 0 atom stereocenters. The van der Waals surface area contributed by atoms with Gasteiger partial charge in [-0.25, -0.2) is 0 Å². The molecule has 0 unspecified atom stereocenters. The van der Waals surface area contributed by atoms with Crippen molar-refractivity contribution in [3.05, 3.63) is 52.0 Å². The van der Waals surface area contributed by atoms with Gasteiger partial charge in [0.25, 0.3) is 0 Å². The minimum absolute atomic E-state index is 0.896. The highest BCUT2D eigenvalue weighted by Gasteiger charge is 2.17. The van der Waals surface area contributed by atoms with Gasteiger partial charge in [-0.15, -0.1) is 0 Å². The third-order valence-corrected chi connectivity index (χ3v) is 3.98. The topological polar surface area (TPSA) is 26.0 Å². The van der Waals surface area contributed by atoms with Gasteiger partial charge in [-0.3, -0.25) is 0 Å². The molecule has 0 fully saturated rings. The molecule has 17 heavy (non-hydrogen) atoms. The first-order valence-electron chi connectivity index (χ1n) is 5.92. The summed E-state index contributed by atoms with van der Waals surface area (Å²) in [6.45, 7) is 0. The van der Waals surface area contributed by atoms with Gasteiger partial charge in [-0.05, 0) is 54.2 Å². The van der Waals surface area contributed by atoms with Crippen molar-refractivity contribution < 1.29 is 0 Å². The van der Waals surface area contributed by atoms with E-state index in [1.165, 1.54) is 35.1 Å². The van der Waals surface area contributed by atoms with Gasteiger partial charge in [0.15, 0.2) is 0 Å². The Bertz CT molecular complexity index is 558. The number of anilines is 1. The second-order valence-corrected chi connectivity index (χ2v) is 5.44. The Hall–Kier alpha value is -1.28. The van der Waals surface area contributed by atoms with E-state index in [9.17, 15) is 0 Å². The van der Waals surface area contributed by atoms with Crippen molar-refractivity contribution in [2.24, 2.45) is 0 Å². The van der Waals surface area contributed by atoms with Gasteiger partial charge in [0.05, 0.1) is 0 Å². The molecule has 3 rings (SSSR count). The summed E-state index contributed by atoms with van der Waals surface area (Å²) in [6.07, 6.45) is 3.60. The number of aryl methyl sites for hydroxylation is 1. The number of halogens is 1. The molecule has 0 aliphatic heterocycles. The number of hydrogen-bond acceptors (Lipinski definition) is 1. The van der Waals surface area contributed by atoms with Crippen LogP contribution in [0.15, 0.2) is 40.9 Å². The monoisotopic (exact) mass is 287 g/mol. The first kappa shape index (κ1) is 10.8. The number of nitrogens with two attached hydrogens (primary N) is 1. The fraction of sp³-hybridized carbons (Fsp3) is 0.200. The zero-order valence-corrected chi connectivity index (χ0v) is 11.1. The number of hydrogen-bond donors (Lipinski definition) is 1. The molecule has 86 valence electrons. The third kappa shape index (κ3) is 1.87. The van der Waals surface area contributed by atoms with Crippen LogP contribution in [0.5, 0.6) is 0 Å². The molecule has 1 aliphatic rings. The summed E-state index contributed by atoms with van der Waals surface area (Å²) in [5.41, 5.74) is 12.4. The molecule has 0 amide bonds. The molecular formula is C15H14BrN. The highest BCUT2D eigenvalue weighted by Crippen LogP contribution is 2.37. The largest absolute Gasteiger partial charge is 0.398 e. The van der Waals surface area contributed by atoms with E-state index in [0.717, 1.165) is 16.6 Å². The minimum Gasteiger partial charge on any atom is -0.398 e. The van der Waals surface area contributed by atoms with Crippen LogP contribution in [-0.2, 0) is 12.8 Å². The molecule has 2 heteroatoms. The molecule has 0 heterocycles. The Morgan fingerprint density at radius 1 is 0.941 bits per heavy atom. The third-order valence-electron chi connectivity index (χ3n) is 3.45. The Labute approximate surface area is 110 Å². The van der Waals surface area contributed by atoms with E-state index in [2.05, 4.69) is 46.3 Å². The van der Waals surface area contributed by atoms with Crippen molar-refractivity contribution in [2.75, 3.05) is 5.73 Å². The molecule has 1 nitrogen and oxygen atoms in total. The fourth-order valence-corrected chi connectivity index (χ4v) is 2.91. The van der Waals surface area contributed by atoms with E-state index in [0.29, 0.717) is 0 Å². The van der Waals surface area contributed by atoms with E-state index >= 15 is 0 Å². The van der Waals surface area contributed by atoms with Crippen molar-refractivity contribution in [3.63, 3.8) is 0 Å². The van der Waals surface area contributed by atoms with Gasteiger partial charge in [-0.1, -0.05) is 34.1 Å². The Kier molecular flexibility index (Phi) is 2.67. The Balaban J connectivity index is 2.20. The summed E-state index contributed by atoms with van der Waals surface area (Å²) in [6, 6.07) is 12.6. The molecule has 0 saturated heterocycles. The molecule has 0 spiro atoms. The lowest BCUT2D eigenvalue weighted by molar-refractivity contribution is 0.912. The molecule has 0 aromatic heterocycles. The van der Waals surface area contributed by atoms with Crippen molar-refractivity contribution >= 4 is 21.6 Å². The Morgan fingerprint density at radius 3 is 2.47 bits per heavy atom. The van der Waals surface area contributed by atoms with Gasteiger partial charge >= 0.3 is 0 Å². The van der Waals surface area contributed by atoms with Crippen LogP contribution in [0.4, 0.5) is 5.69 Å². The second kappa shape index (κ2) is 4.19. The van der Waals surface area contributed by atoms with E-state index in [-0.39, 0.29) is 0 Å². The average Bonchev–Trinajstić information content (AvgIpc) is 2.79. The molecule has 2 aromatic carbocycles. The normalized spacial score (nSPS) is 13.7. The molecule has 0 saturated carbocycles. The fourth-order valence-electron chi connectivity index (χ4n) is 2.64. The van der Waals surface area contributed by atoms with Gasteiger partial charge in [0, 0.05) is 15.7 Å². The second-order valence-electron chi connectivity index (χ2n) is 4.53. The van der Waals surface area contributed by atoms with Crippen LogP contribution in [-0.4, -0.2) is 0 Å². The number of benzene rings is 2. The standard InChI is InChI=1S/C15H14BrN/c16-12-7-4-11(5-8-12)15-13-3-1-2-10(13)6-9-14(15)17/h4-9H,1-3,17H2. The number of rotatable bonds is 1. The summed E-state index contributed by atoms with van der Waals surface area (Å²) >= 11 is 3.47. The van der Waals surface area contributed by atoms with Crippen LogP contribution in [0.25, 0.3) is 11.1 Å². The van der Waals surface area contributed by atoms with Gasteiger partial charge < -0.3 is 5.73 Å². The molecule has 2 aromatic rings. The number of nitrogen functional groups attached to an aromatic ring is 1. The van der Waals surface area contributed by atoms with Crippen LogP contribution < -0.4 is 5.73 Å². The predicted molar refractivity (Wildman–Crippen MR) is 76.0 cm³/mol. The van der Waals surface area contributed by atoms with E-state index in [4.69, 9.17) is 5.73 Å². The number of fused-ring (bicyclic) bond motifs is 1. The van der Waals surface area contributed by atoms with E-state index < -0.39 is 0 Å². The van der Waals surface area contributed by atoms with Crippen LogP contribution in [0, 0.1) is 0 Å². The van der Waals surface area contributed by atoms with Crippen molar-refractivity contribution in [2.45, 2.75) is 19.3 Å². The predicted octanol–water partition coefficient (Wildman–Crippen LogP) is 4.19. The minimum atomic E-state index is 0.896. The van der Waals surface area contributed by atoms with Crippen LogP contribution in [0.3, 0.4) is 0 Å². The lowest BCUT2D eigenvalue weighted by atomic mass is 9.95. The summed E-state index contributed by atoms with van der Waals surface area (Å²) in [7, 11) is 0. The summed E-state index contributed by atoms with van der Waals surface area (Å²) < 4.78 is 1.10. The maximum atomic E-state index is 6.15. The smallest absolute Gasteiger partial charge is 0.0396 e. The first-order valence-corrected chi connectivity index (χ1v) is 6.71. The van der Waals surface area contributed by atoms with Crippen LogP contribution in [0.2, 0.25) is 0 Å². The highest BCUT2D eigenvalue weighted by atomic mass is 79.9. The zero-order chi connectivity index (χ0) is 11.8. The SMILES string of the molecule is Nc1ccc2c(c1-c1ccc(Br)cc1)CCC2. The summed E-state index contributed by atoms with van der Waals surface area (Å²) in [4.78, 5) is 0. The molecule has 2 N–H and O–H groups in total. The first-order chi connectivity index (χ1) is 8.25. The molecular weight excluding hydrogens is 274 g/mol. The van der Waals surface area contributed by atoms with E-state index in [1.807, 2.05) is 6.07 Å². The average molecular weight is 288 g/mol. The maximum absolute atomic E-state index is 6.15. The van der Waals surface area contributed by atoms with Crippen molar-refractivity contribution in [1.29, 1.82) is 0 Å². The summed E-state index contributed by atoms with van der Waals surface area (Å²) in [5.74, 6) is 0. The van der Waals surface area contributed by atoms with E-state index in [1.54, 1.807) is 0 Å². The lowest BCUT2D eigenvalue weighted by Gasteiger charge is -2.12. The lowest BCUT2D eigenvalue weighted by Crippen LogP contribution is -1.96. The molecule has 0 bridgehead atoms. The van der Waals surface area contributed by atoms with Crippen LogP contribution >= 0.6 is 15.9 Å². The zero-order valence-electron chi connectivity index (χ0n) is 9.54. The van der Waals surface area contributed by atoms with Gasteiger partial charge in [0.2, 0.25) is 0 Å². The highest BCUT2D eigenvalue weighted by molar-refractivity contribution is 9.10. The van der Waals surface area contributed by atoms with Crippen molar-refractivity contribution in [3.8, 4) is 11.1 Å². The maximum Gasteiger partial charge on any atom is 0.0396 e. The van der Waals surface area contributed by atoms with Crippen LogP contribution in [0.1, 0.15) is 17.5 Å². The Morgan fingerprint density at radius 2 is 1.71 bits per heavy atom. The molecule has 0 radical (unpaired) electrons. The van der Waals surface area contributed by atoms with Gasteiger partial charge in [0.1, 0.15) is 0 Å². The molecule has 1 aliphatic carbocycles. The summed E-state index contributed by atoms with van der Waals surface area (Å²) in [5, 5.41) is 0.